The van der Waals surface area contributed by atoms with Crippen LogP contribution in [0.2, 0.25) is 0 Å². The molecule has 90 valence electrons. The Bertz CT molecular complexity index is 285. The zero-order valence-electron chi connectivity index (χ0n) is 8.63. The number of hydrogen-bond donors (Lipinski definition) is 0. The Kier molecular flexibility index (Phi) is 3.27. The second-order valence-electron chi connectivity index (χ2n) is 4.02. The van der Waals surface area contributed by atoms with Gasteiger partial charge in [-0.2, -0.15) is 0 Å². The maximum Gasteiger partial charge on any atom is 0.249 e. The predicted octanol–water partition coefficient (Wildman–Crippen LogP) is 1.62. The molecule has 16 heavy (non-hydrogen) atoms. The summed E-state index contributed by atoms with van der Waals surface area (Å²) in [4.78, 5) is 23.8. The van der Waals surface area contributed by atoms with E-state index in [0.717, 1.165) is 0 Å². The van der Waals surface area contributed by atoms with Gasteiger partial charge < -0.3 is 9.47 Å². The van der Waals surface area contributed by atoms with Gasteiger partial charge in [-0.3, -0.25) is 9.59 Å². The summed E-state index contributed by atoms with van der Waals surface area (Å²) in [6, 6.07) is 0. The highest BCUT2D eigenvalue weighted by Crippen LogP contribution is 2.37. The van der Waals surface area contributed by atoms with Gasteiger partial charge in [0.15, 0.2) is 0 Å². The Balaban J connectivity index is 2.12. The molecule has 0 spiro atoms. The van der Waals surface area contributed by atoms with E-state index in [9.17, 15) is 9.59 Å². The molecule has 2 aliphatic rings. The maximum atomic E-state index is 11.9. The van der Waals surface area contributed by atoms with Gasteiger partial charge in [0.05, 0.1) is 0 Å². The average Bonchev–Trinajstić information content (AvgIpc) is 2.87. The molecule has 0 aromatic carbocycles. The molecule has 0 amide bonds. The minimum absolute atomic E-state index is 0.339. The van der Waals surface area contributed by atoms with E-state index in [-0.39, 0.29) is 0 Å². The van der Waals surface area contributed by atoms with E-state index in [1.807, 2.05) is 0 Å². The van der Waals surface area contributed by atoms with Gasteiger partial charge in [0.2, 0.25) is 21.7 Å². The number of carbonyl (C=O) groups excluding carboxylic acids is 2. The fourth-order valence-electron chi connectivity index (χ4n) is 1.91. The highest BCUT2D eigenvalue weighted by molar-refractivity contribution is 6.58. The summed E-state index contributed by atoms with van der Waals surface area (Å²) in [6.07, 6.45) is 2.01. The first kappa shape index (κ1) is 12.3. The van der Waals surface area contributed by atoms with Crippen molar-refractivity contribution in [3.63, 3.8) is 0 Å². The molecule has 2 atom stereocenters. The van der Waals surface area contributed by atoms with Gasteiger partial charge >= 0.3 is 0 Å². The maximum absolute atomic E-state index is 11.9. The van der Waals surface area contributed by atoms with Crippen LogP contribution in [0.25, 0.3) is 0 Å². The normalized spacial score (nSPS) is 38.9. The summed E-state index contributed by atoms with van der Waals surface area (Å²) in [5.41, 5.74) is 0. The fraction of sp³-hybridized carbons (Fsp3) is 0.800. The van der Waals surface area contributed by atoms with E-state index in [1.165, 1.54) is 0 Å². The second-order valence-corrected chi connectivity index (χ2v) is 5.24. The summed E-state index contributed by atoms with van der Waals surface area (Å²) in [7, 11) is 0. The zero-order valence-corrected chi connectivity index (χ0v) is 10.1. The van der Waals surface area contributed by atoms with Crippen LogP contribution in [0.15, 0.2) is 0 Å². The summed E-state index contributed by atoms with van der Waals surface area (Å²) in [5.74, 6) is -1.58. The van der Waals surface area contributed by atoms with Crippen LogP contribution in [0, 0.1) is 0 Å². The lowest BCUT2D eigenvalue weighted by atomic mass is 10.0. The van der Waals surface area contributed by atoms with Gasteiger partial charge in [-0.1, -0.05) is 23.2 Å². The van der Waals surface area contributed by atoms with Crippen LogP contribution < -0.4 is 0 Å². The van der Waals surface area contributed by atoms with Crippen molar-refractivity contribution in [3.8, 4) is 0 Å². The molecule has 0 radical (unpaired) electrons. The zero-order chi connectivity index (χ0) is 11.8. The lowest BCUT2D eigenvalue weighted by Gasteiger charge is -2.23. The van der Waals surface area contributed by atoms with Crippen LogP contribution >= 0.6 is 23.2 Å². The highest BCUT2D eigenvalue weighted by Gasteiger charge is 2.52. The molecule has 4 nitrogen and oxygen atoms in total. The molecular formula is C10H12Cl2O4. The number of ether oxygens (including phenoxy) is 2. The van der Waals surface area contributed by atoms with E-state index in [0.29, 0.717) is 38.9 Å². The number of Topliss-reactive ketones (excluding diaryl/α,β-unsaturated/α-hetero) is 2. The first-order valence-electron chi connectivity index (χ1n) is 5.23. The van der Waals surface area contributed by atoms with E-state index in [4.69, 9.17) is 32.7 Å². The molecule has 0 saturated carbocycles. The molecule has 2 unspecified atom stereocenters. The van der Waals surface area contributed by atoms with Crippen molar-refractivity contribution in [2.45, 2.75) is 35.8 Å². The van der Waals surface area contributed by atoms with Gasteiger partial charge in [-0.15, -0.1) is 0 Å². The van der Waals surface area contributed by atoms with Gasteiger partial charge in [-0.05, 0) is 12.8 Å². The Morgan fingerprint density at radius 3 is 1.50 bits per heavy atom. The Labute approximate surface area is 103 Å². The van der Waals surface area contributed by atoms with E-state index in [1.54, 1.807) is 0 Å². The minimum atomic E-state index is -1.52. The van der Waals surface area contributed by atoms with Gasteiger partial charge in [-0.25, -0.2) is 0 Å². The molecular weight excluding hydrogens is 255 g/mol. The fourth-order valence-corrected chi connectivity index (χ4v) is 2.50. The number of halogens is 2. The third-order valence-electron chi connectivity index (χ3n) is 2.83. The number of alkyl halides is 2. The average molecular weight is 267 g/mol. The Morgan fingerprint density at radius 1 is 0.875 bits per heavy atom. The third-order valence-corrected chi connectivity index (χ3v) is 3.77. The van der Waals surface area contributed by atoms with Crippen LogP contribution in [0.3, 0.4) is 0 Å². The number of carbonyl (C=O) groups is 2. The van der Waals surface area contributed by atoms with Crippen molar-refractivity contribution in [2.24, 2.45) is 0 Å². The number of ketones is 2. The molecule has 2 aliphatic heterocycles. The van der Waals surface area contributed by atoms with Crippen molar-refractivity contribution >= 4 is 34.8 Å². The van der Waals surface area contributed by atoms with Crippen molar-refractivity contribution in [1.82, 2.24) is 0 Å². The van der Waals surface area contributed by atoms with Crippen LogP contribution in [-0.4, -0.2) is 34.9 Å². The topological polar surface area (TPSA) is 52.6 Å². The molecule has 0 aromatic heterocycles. The van der Waals surface area contributed by atoms with Gasteiger partial charge in [0, 0.05) is 26.1 Å². The molecule has 2 rings (SSSR count). The molecule has 2 saturated heterocycles. The molecule has 2 heterocycles. The molecule has 2 fully saturated rings. The van der Waals surface area contributed by atoms with Crippen LogP contribution in [0.5, 0.6) is 0 Å². The molecule has 0 N–H and O–H groups in total. The summed E-state index contributed by atoms with van der Waals surface area (Å²) >= 11 is 11.9. The SMILES string of the molecule is O=C(C(=O)C1(Cl)CCCO1)C1(Cl)CCCO1. The molecule has 0 aromatic rings. The van der Waals surface area contributed by atoms with Crippen molar-refractivity contribution in [2.75, 3.05) is 13.2 Å². The van der Waals surface area contributed by atoms with Crippen molar-refractivity contribution in [3.05, 3.63) is 0 Å². The lowest BCUT2D eigenvalue weighted by Crippen LogP contribution is -2.46. The van der Waals surface area contributed by atoms with Crippen LogP contribution in [0.1, 0.15) is 25.7 Å². The highest BCUT2D eigenvalue weighted by atomic mass is 35.5. The second kappa shape index (κ2) is 4.26. The summed E-state index contributed by atoms with van der Waals surface area (Å²) in [5, 5.41) is -3.05. The molecule has 0 aliphatic carbocycles. The molecule has 0 bridgehead atoms. The first-order valence-corrected chi connectivity index (χ1v) is 5.98. The summed E-state index contributed by atoms with van der Waals surface area (Å²) < 4.78 is 10.2. The Morgan fingerprint density at radius 2 is 1.25 bits per heavy atom. The van der Waals surface area contributed by atoms with Crippen molar-refractivity contribution in [1.29, 1.82) is 0 Å². The lowest BCUT2D eigenvalue weighted by molar-refractivity contribution is -0.150. The van der Waals surface area contributed by atoms with Gasteiger partial charge in [0.25, 0.3) is 0 Å². The van der Waals surface area contributed by atoms with E-state index in [2.05, 4.69) is 0 Å². The smallest absolute Gasteiger partial charge is 0.249 e. The van der Waals surface area contributed by atoms with Gasteiger partial charge in [0.1, 0.15) is 0 Å². The van der Waals surface area contributed by atoms with Crippen LogP contribution in [-0.2, 0) is 19.1 Å². The number of hydrogen-bond acceptors (Lipinski definition) is 4. The van der Waals surface area contributed by atoms with E-state index < -0.39 is 21.7 Å². The summed E-state index contributed by atoms with van der Waals surface area (Å²) in [6.45, 7) is 0.775. The minimum Gasteiger partial charge on any atom is -0.352 e. The monoisotopic (exact) mass is 266 g/mol. The Hall–Kier alpha value is -0.160. The van der Waals surface area contributed by atoms with E-state index >= 15 is 0 Å². The first-order chi connectivity index (χ1) is 7.48. The number of rotatable bonds is 3. The quantitative estimate of drug-likeness (QED) is 0.576. The van der Waals surface area contributed by atoms with Crippen molar-refractivity contribution < 1.29 is 19.1 Å². The predicted molar refractivity (Wildman–Crippen MR) is 57.6 cm³/mol. The molecule has 6 heteroatoms. The van der Waals surface area contributed by atoms with Crippen LogP contribution in [0.4, 0.5) is 0 Å². The standard InChI is InChI=1S/C10H12Cl2O4/c11-9(3-1-5-15-9)7(13)8(14)10(12)4-2-6-16-10/h1-6H2. The largest absolute Gasteiger partial charge is 0.352 e. The third kappa shape index (κ3) is 1.99.